The first-order valence-electron chi connectivity index (χ1n) is 10.1. The third kappa shape index (κ3) is 4.31. The molecule has 2 aliphatic heterocycles. The maximum absolute atomic E-state index is 13.1. The van der Waals surface area contributed by atoms with Crippen LogP contribution in [0.1, 0.15) is 28.6 Å². The molecule has 3 aromatic rings. The van der Waals surface area contributed by atoms with Crippen LogP contribution in [-0.4, -0.2) is 44.3 Å². The van der Waals surface area contributed by atoms with Crippen molar-refractivity contribution in [1.82, 2.24) is 19.8 Å². The van der Waals surface area contributed by atoms with Gasteiger partial charge in [-0.1, -0.05) is 35.3 Å². The third-order valence-electron chi connectivity index (χ3n) is 5.65. The lowest BCUT2D eigenvalue weighted by atomic mass is 9.99. The van der Waals surface area contributed by atoms with E-state index < -0.39 is 23.9 Å². The average molecular weight is 514 g/mol. The Hall–Kier alpha value is -2.86. The fourth-order valence-electron chi connectivity index (χ4n) is 3.81. The van der Waals surface area contributed by atoms with Crippen LogP contribution in [0.3, 0.4) is 0 Å². The molecule has 13 heteroatoms. The second-order valence-corrected chi connectivity index (χ2v) is 8.87. The summed E-state index contributed by atoms with van der Waals surface area (Å²) in [4.78, 5) is 27.1. The summed E-state index contributed by atoms with van der Waals surface area (Å²) in [7, 11) is 0. The van der Waals surface area contributed by atoms with Gasteiger partial charge in [-0.05, 0) is 17.7 Å². The first kappa shape index (κ1) is 22.9. The van der Waals surface area contributed by atoms with E-state index in [2.05, 4.69) is 15.5 Å². The molecule has 2 aliphatic rings. The predicted octanol–water partition coefficient (Wildman–Crippen LogP) is 4.16. The number of nitrogens with zero attached hydrogens (tertiary/aromatic N) is 4. The molecule has 178 valence electrons. The van der Waals surface area contributed by atoms with Crippen LogP contribution in [-0.2, 0) is 22.4 Å². The molecule has 1 aromatic carbocycles. The van der Waals surface area contributed by atoms with Gasteiger partial charge in [0.1, 0.15) is 5.69 Å². The predicted molar refractivity (Wildman–Crippen MR) is 117 cm³/mol. The molecule has 0 aliphatic carbocycles. The van der Waals surface area contributed by atoms with E-state index in [0.29, 0.717) is 36.1 Å². The van der Waals surface area contributed by atoms with E-state index in [0.717, 1.165) is 17.8 Å². The van der Waals surface area contributed by atoms with Crippen molar-refractivity contribution in [3.63, 3.8) is 0 Å². The van der Waals surface area contributed by atoms with Gasteiger partial charge in [0.2, 0.25) is 6.23 Å². The van der Waals surface area contributed by atoms with E-state index in [-0.39, 0.29) is 22.3 Å². The summed E-state index contributed by atoms with van der Waals surface area (Å²) in [6, 6.07) is 6.15. The molecule has 8 nitrogen and oxygen atoms in total. The zero-order valence-corrected chi connectivity index (χ0v) is 18.7. The normalized spacial score (nSPS) is 19.2. The molecule has 5 rings (SSSR count). The third-order valence-corrected chi connectivity index (χ3v) is 6.28. The number of amidine groups is 1. The van der Waals surface area contributed by atoms with Gasteiger partial charge in [0.15, 0.2) is 11.5 Å². The molecule has 0 amide bonds. The number of hydroxylamine groups is 1. The van der Waals surface area contributed by atoms with Crippen LogP contribution < -0.4 is 5.48 Å². The van der Waals surface area contributed by atoms with Gasteiger partial charge in [-0.2, -0.15) is 13.2 Å². The SMILES string of the molecule is O=C(O)C1CN(Cc2ccc(C3=NC(c4cn5cc(C(F)(F)F)cc(Cl)c5n4)ON3)cc2Cl)C1. The topological polar surface area (TPSA) is 91.5 Å². The van der Waals surface area contributed by atoms with Crippen molar-refractivity contribution < 1.29 is 27.9 Å². The van der Waals surface area contributed by atoms with Crippen LogP contribution in [0.5, 0.6) is 0 Å². The Balaban J connectivity index is 1.33. The van der Waals surface area contributed by atoms with Gasteiger partial charge in [-0.3, -0.25) is 9.69 Å². The van der Waals surface area contributed by atoms with Crippen molar-refractivity contribution in [1.29, 1.82) is 0 Å². The Morgan fingerprint density at radius 1 is 1.21 bits per heavy atom. The highest BCUT2D eigenvalue weighted by Crippen LogP contribution is 2.33. The number of alkyl halides is 3. The number of likely N-dealkylation sites (tertiary alicyclic amines) is 1. The maximum atomic E-state index is 13.1. The summed E-state index contributed by atoms with van der Waals surface area (Å²) < 4.78 is 40.4. The summed E-state index contributed by atoms with van der Waals surface area (Å²) in [5.74, 6) is -0.766. The van der Waals surface area contributed by atoms with Gasteiger partial charge in [-0.15, -0.1) is 0 Å². The number of aliphatic imine (C=N–C) groups is 1. The van der Waals surface area contributed by atoms with E-state index in [4.69, 9.17) is 33.1 Å². The number of pyridine rings is 1. The average Bonchev–Trinajstić information content (AvgIpc) is 3.37. The molecule has 4 heterocycles. The Morgan fingerprint density at radius 2 is 1.97 bits per heavy atom. The van der Waals surface area contributed by atoms with E-state index in [1.807, 2.05) is 11.0 Å². The second-order valence-electron chi connectivity index (χ2n) is 8.06. The zero-order valence-electron chi connectivity index (χ0n) is 17.2. The number of benzene rings is 1. The quantitative estimate of drug-likeness (QED) is 0.532. The Morgan fingerprint density at radius 3 is 2.65 bits per heavy atom. The number of hydrogen-bond donors (Lipinski definition) is 2. The lowest BCUT2D eigenvalue weighted by Gasteiger charge is -2.36. The van der Waals surface area contributed by atoms with Crippen LogP contribution in [0.2, 0.25) is 10.0 Å². The van der Waals surface area contributed by atoms with Crippen molar-refractivity contribution in [2.75, 3.05) is 13.1 Å². The molecule has 0 radical (unpaired) electrons. The summed E-state index contributed by atoms with van der Waals surface area (Å²) >= 11 is 12.4. The molecule has 2 aromatic heterocycles. The van der Waals surface area contributed by atoms with Crippen LogP contribution in [0, 0.1) is 5.92 Å². The standard InChI is InChI=1S/C21H16Cl2F3N5O3/c22-14-3-10(1-2-11(14)5-30-6-12(7-30)20(32)33)17-28-19(34-29-17)16-9-31-8-13(21(24,25)26)4-15(23)18(31)27-16/h1-4,8-9,12,19H,5-7H2,(H,28,29)(H,32,33). The summed E-state index contributed by atoms with van der Waals surface area (Å²) in [5.41, 5.74) is 3.72. The maximum Gasteiger partial charge on any atom is 0.417 e. The second kappa shape index (κ2) is 8.42. The van der Waals surface area contributed by atoms with E-state index in [1.54, 1.807) is 12.1 Å². The number of carboxylic acid groups (broad SMARTS) is 1. The monoisotopic (exact) mass is 513 g/mol. The van der Waals surface area contributed by atoms with Gasteiger partial charge < -0.3 is 9.51 Å². The summed E-state index contributed by atoms with van der Waals surface area (Å²) in [6.07, 6.45) is -3.16. The zero-order chi connectivity index (χ0) is 24.2. The number of imidazole rings is 1. The number of hydrogen-bond acceptors (Lipinski definition) is 6. The van der Waals surface area contributed by atoms with Crippen molar-refractivity contribution in [3.05, 3.63) is 69.1 Å². The van der Waals surface area contributed by atoms with Crippen LogP contribution >= 0.6 is 23.2 Å². The Bertz CT molecular complexity index is 1320. The van der Waals surface area contributed by atoms with Crippen molar-refractivity contribution >= 4 is 40.7 Å². The first-order valence-corrected chi connectivity index (χ1v) is 10.8. The van der Waals surface area contributed by atoms with Gasteiger partial charge in [0, 0.05) is 42.6 Å². The molecular formula is C21H16Cl2F3N5O3. The number of aromatic nitrogens is 2. The minimum Gasteiger partial charge on any atom is -0.481 e. The molecule has 0 spiro atoms. The van der Waals surface area contributed by atoms with E-state index in [1.165, 1.54) is 10.6 Å². The van der Waals surface area contributed by atoms with Crippen LogP contribution in [0.15, 0.2) is 41.7 Å². The summed E-state index contributed by atoms with van der Waals surface area (Å²) in [5, 5.41) is 9.34. The number of rotatable bonds is 5. The van der Waals surface area contributed by atoms with Gasteiger partial charge in [-0.25, -0.2) is 20.3 Å². The molecular weight excluding hydrogens is 498 g/mol. The molecule has 1 atom stereocenters. The van der Waals surface area contributed by atoms with Crippen molar-refractivity contribution in [3.8, 4) is 0 Å². The number of carbonyl (C=O) groups is 1. The molecule has 0 bridgehead atoms. The smallest absolute Gasteiger partial charge is 0.417 e. The number of carboxylic acids is 1. The molecule has 1 saturated heterocycles. The van der Waals surface area contributed by atoms with Crippen LogP contribution in [0.4, 0.5) is 13.2 Å². The summed E-state index contributed by atoms with van der Waals surface area (Å²) in [6.45, 7) is 1.49. The largest absolute Gasteiger partial charge is 0.481 e. The molecule has 34 heavy (non-hydrogen) atoms. The molecule has 0 saturated carbocycles. The lowest BCUT2D eigenvalue weighted by molar-refractivity contribution is -0.147. The number of fused-ring (bicyclic) bond motifs is 1. The number of halogens is 5. The highest BCUT2D eigenvalue weighted by molar-refractivity contribution is 6.33. The Labute approximate surface area is 200 Å². The van der Waals surface area contributed by atoms with Crippen LogP contribution in [0.25, 0.3) is 5.65 Å². The Kier molecular flexibility index (Phi) is 5.67. The number of aliphatic carboxylic acids is 1. The van der Waals surface area contributed by atoms with Gasteiger partial charge in [0.05, 0.1) is 16.5 Å². The minimum atomic E-state index is -4.54. The van der Waals surface area contributed by atoms with Gasteiger partial charge in [0.25, 0.3) is 0 Å². The lowest BCUT2D eigenvalue weighted by Crippen LogP contribution is -2.49. The highest BCUT2D eigenvalue weighted by Gasteiger charge is 2.33. The molecule has 2 N–H and O–H groups in total. The fraction of sp³-hybridized carbons (Fsp3) is 0.286. The van der Waals surface area contributed by atoms with E-state index >= 15 is 0 Å². The molecule has 1 unspecified atom stereocenters. The minimum absolute atomic E-state index is 0.143. The van der Waals surface area contributed by atoms with Crippen molar-refractivity contribution in [2.45, 2.75) is 18.9 Å². The van der Waals surface area contributed by atoms with E-state index in [9.17, 15) is 18.0 Å². The first-order chi connectivity index (χ1) is 16.1. The molecule has 1 fully saturated rings. The number of nitrogens with one attached hydrogen (secondary N) is 1. The highest BCUT2D eigenvalue weighted by atomic mass is 35.5. The fourth-order valence-corrected chi connectivity index (χ4v) is 4.31. The van der Waals surface area contributed by atoms with Crippen molar-refractivity contribution in [2.24, 2.45) is 10.9 Å². The van der Waals surface area contributed by atoms with Gasteiger partial charge >= 0.3 is 12.1 Å².